The van der Waals surface area contributed by atoms with E-state index in [1.165, 1.54) is 95.4 Å². The second-order valence-corrected chi connectivity index (χ2v) is 17.8. The summed E-state index contributed by atoms with van der Waals surface area (Å²) in [6.45, 7) is 0. The van der Waals surface area contributed by atoms with Crippen LogP contribution in [-0.2, 0) is 55.4 Å². The van der Waals surface area contributed by atoms with Gasteiger partial charge in [-0.05, 0) is 0 Å². The van der Waals surface area contributed by atoms with E-state index in [1.54, 1.807) is 22.5 Å². The summed E-state index contributed by atoms with van der Waals surface area (Å²) in [5, 5.41) is 2.95. The Bertz CT molecular complexity index is 2080. The molecule has 0 bridgehead atoms. The van der Waals surface area contributed by atoms with E-state index in [2.05, 4.69) is 131 Å². The summed E-state index contributed by atoms with van der Waals surface area (Å²) in [5.41, 5.74) is 15.1. The van der Waals surface area contributed by atoms with E-state index in [-0.39, 0.29) is 31.3 Å². The normalized spacial score (nSPS) is 21.8. The SMILES string of the molecule is C1=C[C]([Zr+2][C]2(n3c4c(c5ccccc53)CCCC4)C=Cc3ccccc32)(n2c3c(c4ccccc42)CCCC3)c2ccccc21.[Cl-].[Cl-]. The van der Waals surface area contributed by atoms with E-state index < -0.39 is 23.2 Å². The second kappa shape index (κ2) is 11.8. The van der Waals surface area contributed by atoms with Gasteiger partial charge in [-0.25, -0.2) is 0 Å². The first kappa shape index (κ1) is 31.2. The van der Waals surface area contributed by atoms with E-state index in [9.17, 15) is 0 Å². The molecule has 0 radical (unpaired) electrons. The van der Waals surface area contributed by atoms with Crippen molar-refractivity contribution in [2.45, 2.75) is 57.9 Å². The van der Waals surface area contributed by atoms with Gasteiger partial charge in [-0.2, -0.15) is 0 Å². The Morgan fingerprint density at radius 1 is 0.468 bits per heavy atom. The number of aromatic nitrogens is 2. The summed E-state index contributed by atoms with van der Waals surface area (Å²) in [4.78, 5) is 0. The summed E-state index contributed by atoms with van der Waals surface area (Å²) in [6.07, 6.45) is 20.1. The van der Waals surface area contributed by atoms with Crippen LogP contribution in [0, 0.1) is 0 Å². The molecule has 232 valence electrons. The maximum Gasteiger partial charge on any atom is -1.00 e. The smallest absolute Gasteiger partial charge is 1.00 e. The molecule has 4 aromatic carbocycles. The fourth-order valence-corrected chi connectivity index (χ4v) is 15.2. The van der Waals surface area contributed by atoms with Gasteiger partial charge in [0.15, 0.2) is 0 Å². The predicted octanol–water partition coefficient (Wildman–Crippen LogP) is 3.60. The van der Waals surface area contributed by atoms with Crippen molar-refractivity contribution >= 4 is 34.0 Å². The van der Waals surface area contributed by atoms with Crippen molar-refractivity contribution in [2.24, 2.45) is 0 Å². The van der Waals surface area contributed by atoms with Gasteiger partial charge in [0.2, 0.25) is 0 Å². The fraction of sp³-hybridized carbons (Fsp3) is 0.238. The van der Waals surface area contributed by atoms with Gasteiger partial charge in [-0.3, -0.25) is 0 Å². The van der Waals surface area contributed by atoms with Crippen LogP contribution in [0.2, 0.25) is 0 Å². The number of aryl methyl sites for hydroxylation is 2. The largest absolute Gasteiger partial charge is 1.00 e. The van der Waals surface area contributed by atoms with Gasteiger partial charge in [0.25, 0.3) is 0 Å². The third-order valence-electron chi connectivity index (χ3n) is 11.2. The number of halogens is 2. The first-order valence-electron chi connectivity index (χ1n) is 16.9. The van der Waals surface area contributed by atoms with Crippen LogP contribution in [0.25, 0.3) is 34.0 Å². The molecule has 2 nitrogen and oxygen atoms in total. The molecule has 0 spiro atoms. The third-order valence-corrected chi connectivity index (χ3v) is 16.3. The molecule has 0 amide bonds. The molecule has 2 heterocycles. The molecule has 47 heavy (non-hydrogen) atoms. The van der Waals surface area contributed by atoms with Crippen LogP contribution in [0.15, 0.2) is 109 Å². The van der Waals surface area contributed by atoms with Crippen molar-refractivity contribution in [3.63, 3.8) is 0 Å². The quantitative estimate of drug-likeness (QED) is 0.263. The average molecular weight is 731 g/mol. The van der Waals surface area contributed by atoms with Crippen molar-refractivity contribution in [2.75, 3.05) is 0 Å². The van der Waals surface area contributed by atoms with Crippen LogP contribution in [-0.4, -0.2) is 9.13 Å². The Labute approximate surface area is 301 Å². The Hall–Kier alpha value is -3.10. The van der Waals surface area contributed by atoms with Gasteiger partial charge < -0.3 is 24.8 Å². The van der Waals surface area contributed by atoms with Gasteiger partial charge in [-0.15, -0.1) is 0 Å². The van der Waals surface area contributed by atoms with Crippen LogP contribution < -0.4 is 24.8 Å². The van der Waals surface area contributed by atoms with Crippen LogP contribution >= 0.6 is 0 Å². The van der Waals surface area contributed by atoms with Crippen molar-refractivity contribution in [3.8, 4) is 0 Å². The van der Waals surface area contributed by atoms with Crippen molar-refractivity contribution in [1.29, 1.82) is 0 Å². The molecule has 2 atom stereocenters. The van der Waals surface area contributed by atoms with E-state index in [0.29, 0.717) is 0 Å². The molecule has 0 saturated heterocycles. The van der Waals surface area contributed by atoms with E-state index in [0.717, 1.165) is 0 Å². The van der Waals surface area contributed by atoms with Crippen LogP contribution in [0.1, 0.15) is 70.5 Å². The second-order valence-electron chi connectivity index (χ2n) is 13.5. The summed E-state index contributed by atoms with van der Waals surface area (Å²) in [7, 11) is 0. The number of fused-ring (bicyclic) bond motifs is 8. The third kappa shape index (κ3) is 4.32. The Kier molecular flexibility index (Phi) is 7.83. The maximum atomic E-state index is 2.89. The zero-order valence-corrected chi connectivity index (χ0v) is 30.3. The molecule has 0 saturated carbocycles. The standard InChI is InChI=1S/2C21H18N.2ClH.Zr/c2*1-2-8-16-15(7-1)13-14-21(16)22-19-11-5-3-9-17(19)18-10-4-6-12-20(18)22;;;/h2*1-3,5,7-9,11,13-14H,4,6,10,12H2;2*1H;/q;;;;+2/p-2. The van der Waals surface area contributed by atoms with E-state index in [1.807, 2.05) is 0 Å². The molecule has 4 aliphatic carbocycles. The molecule has 10 rings (SSSR count). The Balaban J connectivity index is 0.00000162. The summed E-state index contributed by atoms with van der Waals surface area (Å²) < 4.78 is 5.44. The monoisotopic (exact) mass is 728 g/mol. The van der Waals surface area contributed by atoms with Gasteiger partial charge >= 0.3 is 278 Å². The number of hydrogen-bond acceptors (Lipinski definition) is 0. The number of rotatable bonds is 4. The molecule has 2 aromatic heterocycles. The maximum absolute atomic E-state index is 2.89. The van der Waals surface area contributed by atoms with E-state index in [4.69, 9.17) is 0 Å². The molecular weight excluding hydrogens is 695 g/mol. The summed E-state index contributed by atoms with van der Waals surface area (Å²) in [6, 6.07) is 37.3. The minimum absolute atomic E-state index is 0. The fourth-order valence-electron chi connectivity index (χ4n) is 9.39. The molecule has 0 fully saturated rings. The Morgan fingerprint density at radius 2 is 0.872 bits per heavy atom. The molecule has 6 aromatic rings. The predicted molar refractivity (Wildman–Crippen MR) is 182 cm³/mol. The number of nitrogens with zero attached hydrogens (tertiary/aromatic N) is 2. The topological polar surface area (TPSA) is 9.86 Å². The molecule has 0 N–H and O–H groups in total. The molecule has 2 unspecified atom stereocenters. The van der Waals surface area contributed by atoms with Crippen molar-refractivity contribution in [3.05, 3.63) is 154 Å². The summed E-state index contributed by atoms with van der Waals surface area (Å²) >= 11 is -1.54. The zero-order valence-electron chi connectivity index (χ0n) is 26.4. The van der Waals surface area contributed by atoms with E-state index >= 15 is 0 Å². The van der Waals surface area contributed by atoms with Crippen molar-refractivity contribution < 1.29 is 48.0 Å². The van der Waals surface area contributed by atoms with Gasteiger partial charge in [0, 0.05) is 0 Å². The molecule has 0 aliphatic heterocycles. The number of benzene rings is 4. The Morgan fingerprint density at radius 3 is 1.36 bits per heavy atom. The summed E-state index contributed by atoms with van der Waals surface area (Å²) in [5.74, 6) is 0. The van der Waals surface area contributed by atoms with Gasteiger partial charge in [0.1, 0.15) is 0 Å². The van der Waals surface area contributed by atoms with Gasteiger partial charge in [-0.1, -0.05) is 0 Å². The van der Waals surface area contributed by atoms with Crippen LogP contribution in [0.3, 0.4) is 0 Å². The molecular formula is C42H36Cl2N2Zr. The zero-order chi connectivity index (χ0) is 29.6. The minimum Gasteiger partial charge on any atom is -1.00 e. The minimum atomic E-state index is -1.54. The first-order valence-corrected chi connectivity index (χ1v) is 19.3. The molecule has 4 aliphatic rings. The average Bonchev–Trinajstić information content (AvgIpc) is 3.84. The molecule has 5 heteroatoms. The van der Waals surface area contributed by atoms with Crippen molar-refractivity contribution in [1.82, 2.24) is 9.13 Å². The number of allylic oxidation sites excluding steroid dienone is 2. The van der Waals surface area contributed by atoms with Gasteiger partial charge in [0.05, 0.1) is 0 Å². The number of para-hydroxylation sites is 2. The number of hydrogen-bond donors (Lipinski definition) is 0. The van der Waals surface area contributed by atoms with Crippen LogP contribution in [0.5, 0.6) is 0 Å². The van der Waals surface area contributed by atoms with Crippen LogP contribution in [0.4, 0.5) is 0 Å². The first-order chi connectivity index (χ1) is 22.3.